The largest absolute Gasteiger partial charge is 0.373 e. The van der Waals surface area contributed by atoms with Crippen molar-refractivity contribution >= 4 is 17.3 Å². The van der Waals surface area contributed by atoms with Crippen molar-refractivity contribution in [1.82, 2.24) is 14.7 Å². The molecule has 0 unspecified atom stereocenters. The van der Waals surface area contributed by atoms with Crippen LogP contribution < -0.4 is 4.90 Å². The third-order valence-corrected chi connectivity index (χ3v) is 5.92. The molecule has 2 aromatic carbocycles. The normalized spacial score (nSPS) is 15.3. The van der Waals surface area contributed by atoms with Gasteiger partial charge in [-0.1, -0.05) is 23.7 Å². The fourth-order valence-corrected chi connectivity index (χ4v) is 3.99. The van der Waals surface area contributed by atoms with E-state index in [4.69, 9.17) is 11.6 Å². The van der Waals surface area contributed by atoms with Gasteiger partial charge in [-0.25, -0.2) is 0 Å². The molecule has 1 aliphatic rings. The summed E-state index contributed by atoms with van der Waals surface area (Å²) in [6.07, 6.45) is 0. The van der Waals surface area contributed by atoms with E-state index in [-0.39, 0.29) is 0 Å². The van der Waals surface area contributed by atoms with Crippen LogP contribution in [-0.4, -0.2) is 75.1 Å². The number of nitriles is 1. The molecule has 0 bridgehead atoms. The highest BCUT2D eigenvalue weighted by atomic mass is 35.5. The van der Waals surface area contributed by atoms with Crippen LogP contribution >= 0.6 is 11.6 Å². The van der Waals surface area contributed by atoms with Gasteiger partial charge in [0.1, 0.15) is 0 Å². The van der Waals surface area contributed by atoms with E-state index in [0.29, 0.717) is 0 Å². The van der Waals surface area contributed by atoms with Crippen LogP contribution in [-0.2, 0) is 13.1 Å². The zero-order valence-corrected chi connectivity index (χ0v) is 19.1. The number of anilines is 1. The fraction of sp³-hybridized carbons (Fsp3) is 0.458. The molecule has 0 amide bonds. The van der Waals surface area contributed by atoms with Crippen LogP contribution in [0.5, 0.6) is 0 Å². The van der Waals surface area contributed by atoms with Crippen LogP contribution in [0.2, 0.25) is 5.02 Å². The van der Waals surface area contributed by atoms with Gasteiger partial charge < -0.3 is 9.80 Å². The first kappa shape index (κ1) is 22.6. The summed E-state index contributed by atoms with van der Waals surface area (Å²) < 4.78 is 0. The maximum absolute atomic E-state index is 9.57. The first-order valence-electron chi connectivity index (χ1n) is 10.5. The lowest BCUT2D eigenvalue weighted by Crippen LogP contribution is -2.45. The highest BCUT2D eigenvalue weighted by Crippen LogP contribution is 2.21. The van der Waals surface area contributed by atoms with E-state index in [1.807, 2.05) is 24.3 Å². The van der Waals surface area contributed by atoms with Gasteiger partial charge in [0.05, 0.1) is 11.6 Å². The van der Waals surface area contributed by atoms with Crippen LogP contribution in [0.1, 0.15) is 16.7 Å². The molecule has 1 heterocycles. The number of nitrogens with zero attached hydrogens (tertiary/aromatic N) is 5. The molecule has 30 heavy (non-hydrogen) atoms. The maximum Gasteiger partial charge on any atom is 0.0995 e. The molecule has 1 fully saturated rings. The number of hydrogen-bond acceptors (Lipinski definition) is 5. The Hall–Kier alpha value is -2.10. The minimum absolute atomic E-state index is 0.779. The SMILES string of the molecule is CN(C)CCN(C)c1ccc(C#N)c(CN2CCN(Cc3cccc(Cl)c3)CC2)c1. The predicted molar refractivity (Wildman–Crippen MR) is 125 cm³/mol. The molecule has 0 N–H and O–H groups in total. The van der Waals surface area contributed by atoms with Crippen molar-refractivity contribution in [3.8, 4) is 6.07 Å². The molecule has 1 saturated heterocycles. The summed E-state index contributed by atoms with van der Waals surface area (Å²) in [5.74, 6) is 0. The van der Waals surface area contributed by atoms with Gasteiger partial charge in [0, 0.05) is 70.1 Å². The molecule has 0 aromatic heterocycles. The molecular formula is C24H32ClN5. The average molecular weight is 426 g/mol. The molecule has 160 valence electrons. The molecular weight excluding hydrogens is 394 g/mol. The fourth-order valence-electron chi connectivity index (χ4n) is 3.78. The van der Waals surface area contributed by atoms with Crippen molar-refractivity contribution in [1.29, 1.82) is 5.26 Å². The summed E-state index contributed by atoms with van der Waals surface area (Å²) in [5, 5.41) is 10.4. The number of piperazine rings is 1. The summed E-state index contributed by atoms with van der Waals surface area (Å²) >= 11 is 6.12. The number of benzene rings is 2. The first-order valence-corrected chi connectivity index (χ1v) is 10.9. The van der Waals surface area contributed by atoms with Gasteiger partial charge >= 0.3 is 0 Å². The number of likely N-dealkylation sites (N-methyl/N-ethyl adjacent to an activating group) is 2. The van der Waals surface area contributed by atoms with Gasteiger partial charge in [-0.3, -0.25) is 9.80 Å². The Bertz CT molecular complexity index is 868. The van der Waals surface area contributed by atoms with Crippen molar-refractivity contribution in [2.24, 2.45) is 0 Å². The summed E-state index contributed by atoms with van der Waals surface area (Å²) in [4.78, 5) is 9.37. The second kappa shape index (κ2) is 10.8. The van der Waals surface area contributed by atoms with Gasteiger partial charge in [-0.2, -0.15) is 5.26 Å². The van der Waals surface area contributed by atoms with E-state index in [2.05, 4.69) is 65.0 Å². The number of halogens is 1. The van der Waals surface area contributed by atoms with Crippen LogP contribution in [0.3, 0.4) is 0 Å². The van der Waals surface area contributed by atoms with Crippen LogP contribution in [0.25, 0.3) is 0 Å². The van der Waals surface area contributed by atoms with E-state index in [1.165, 1.54) is 11.3 Å². The van der Waals surface area contributed by atoms with Crippen molar-refractivity contribution in [2.45, 2.75) is 13.1 Å². The Labute approximate surface area is 186 Å². The molecule has 5 nitrogen and oxygen atoms in total. The Morgan fingerprint density at radius 3 is 2.27 bits per heavy atom. The second-order valence-electron chi connectivity index (χ2n) is 8.36. The van der Waals surface area contributed by atoms with Gasteiger partial charge in [0.15, 0.2) is 0 Å². The van der Waals surface area contributed by atoms with E-state index in [9.17, 15) is 5.26 Å². The molecule has 3 rings (SSSR count). The van der Waals surface area contributed by atoms with Crippen molar-refractivity contribution < 1.29 is 0 Å². The summed E-state index contributed by atoms with van der Waals surface area (Å²) in [7, 11) is 6.29. The third-order valence-electron chi connectivity index (χ3n) is 5.69. The van der Waals surface area contributed by atoms with Crippen molar-refractivity contribution in [3.05, 3.63) is 64.2 Å². The summed E-state index contributed by atoms with van der Waals surface area (Å²) in [6, 6.07) is 16.7. The third kappa shape index (κ3) is 6.45. The molecule has 2 aromatic rings. The minimum atomic E-state index is 0.779. The van der Waals surface area contributed by atoms with Gasteiger partial charge in [0.2, 0.25) is 0 Å². The number of rotatable bonds is 8. The lowest BCUT2D eigenvalue weighted by atomic mass is 10.1. The lowest BCUT2D eigenvalue weighted by molar-refractivity contribution is 0.122. The van der Waals surface area contributed by atoms with Crippen molar-refractivity contribution in [3.63, 3.8) is 0 Å². The Balaban J connectivity index is 1.58. The first-order chi connectivity index (χ1) is 14.4. The van der Waals surface area contributed by atoms with E-state index >= 15 is 0 Å². The lowest BCUT2D eigenvalue weighted by Gasteiger charge is -2.35. The average Bonchev–Trinajstić information content (AvgIpc) is 2.73. The standard InChI is InChI=1S/C24H32ClN5/c1-27(2)9-10-28(3)24-8-7-21(17-26)22(16-24)19-30-13-11-29(12-14-30)18-20-5-4-6-23(25)15-20/h4-8,15-16H,9-14,18-19H2,1-3H3. The predicted octanol–water partition coefficient (Wildman–Crippen LogP) is 3.53. The highest BCUT2D eigenvalue weighted by molar-refractivity contribution is 6.30. The van der Waals surface area contributed by atoms with Crippen LogP contribution in [0.15, 0.2) is 42.5 Å². The highest BCUT2D eigenvalue weighted by Gasteiger charge is 2.19. The Morgan fingerprint density at radius 1 is 0.933 bits per heavy atom. The van der Waals surface area contributed by atoms with E-state index < -0.39 is 0 Å². The smallest absolute Gasteiger partial charge is 0.0995 e. The molecule has 0 atom stereocenters. The topological polar surface area (TPSA) is 36.8 Å². The van der Waals surface area contributed by atoms with E-state index in [1.54, 1.807) is 0 Å². The number of hydrogen-bond donors (Lipinski definition) is 0. The van der Waals surface area contributed by atoms with Gasteiger partial charge in [-0.15, -0.1) is 0 Å². The van der Waals surface area contributed by atoms with Crippen molar-refractivity contribution in [2.75, 3.05) is 65.3 Å². The minimum Gasteiger partial charge on any atom is -0.373 e. The summed E-state index contributed by atoms with van der Waals surface area (Å²) in [5.41, 5.74) is 4.33. The monoisotopic (exact) mass is 425 g/mol. The Morgan fingerprint density at radius 2 is 1.63 bits per heavy atom. The van der Waals surface area contributed by atoms with Crippen LogP contribution in [0, 0.1) is 11.3 Å². The Kier molecular flexibility index (Phi) is 8.12. The van der Waals surface area contributed by atoms with E-state index in [0.717, 1.165) is 68.5 Å². The zero-order chi connectivity index (χ0) is 21.5. The van der Waals surface area contributed by atoms with Gasteiger partial charge in [0.25, 0.3) is 0 Å². The summed E-state index contributed by atoms with van der Waals surface area (Å²) in [6.45, 7) is 7.78. The maximum atomic E-state index is 9.57. The second-order valence-corrected chi connectivity index (χ2v) is 8.80. The molecule has 0 aliphatic carbocycles. The zero-order valence-electron chi connectivity index (χ0n) is 18.3. The van der Waals surface area contributed by atoms with Gasteiger partial charge in [-0.05, 0) is 55.6 Å². The molecule has 0 spiro atoms. The molecule has 6 heteroatoms. The molecule has 0 saturated carbocycles. The quantitative estimate of drug-likeness (QED) is 0.646. The molecule has 0 radical (unpaired) electrons. The van der Waals surface area contributed by atoms with Crippen LogP contribution in [0.4, 0.5) is 5.69 Å². The molecule has 1 aliphatic heterocycles.